The Kier molecular flexibility index (Phi) is 10.4. The minimum absolute atomic E-state index is 0.524. The van der Waals surface area contributed by atoms with E-state index in [1.165, 1.54) is 0 Å². The van der Waals surface area contributed by atoms with Crippen LogP contribution in [-0.2, 0) is 12.8 Å². The van der Waals surface area contributed by atoms with Crippen LogP contribution in [0.5, 0.6) is 0 Å². The van der Waals surface area contributed by atoms with Gasteiger partial charge in [0.1, 0.15) is 23.7 Å². The summed E-state index contributed by atoms with van der Waals surface area (Å²) in [7, 11) is 0. The molecule has 0 fully saturated rings. The van der Waals surface area contributed by atoms with Crippen LogP contribution in [0.25, 0.3) is 76.1 Å². The molecule has 6 heterocycles. The van der Waals surface area contributed by atoms with E-state index < -0.39 is 0 Å². The molecule has 58 heavy (non-hydrogen) atoms. The number of halogens is 2. The maximum absolute atomic E-state index is 8.78. The molecule has 0 aliphatic rings. The fraction of sp³-hybridized carbons (Fsp3) is 0.0870. The molecule has 0 atom stereocenters. The molecule has 0 saturated carbocycles. The number of rotatable bonds is 8. The van der Waals surface area contributed by atoms with Crippen LogP contribution >= 0.6 is 45.9 Å². The molecule has 0 unspecified atom stereocenters. The van der Waals surface area contributed by atoms with E-state index in [1.807, 2.05) is 47.7 Å². The van der Waals surface area contributed by atoms with Crippen molar-refractivity contribution >= 4 is 89.7 Å². The molecule has 6 aromatic heterocycles. The molecule has 280 valence electrons. The van der Waals surface area contributed by atoms with Gasteiger partial charge in [-0.15, -0.1) is 22.7 Å². The number of imidazole rings is 2. The fourth-order valence-corrected chi connectivity index (χ4v) is 9.25. The van der Waals surface area contributed by atoms with Gasteiger partial charge in [-0.2, -0.15) is 10.5 Å². The highest BCUT2D eigenvalue weighted by molar-refractivity contribution is 7.14. The van der Waals surface area contributed by atoms with Gasteiger partial charge in [-0.25, -0.2) is 9.97 Å². The molecule has 0 aliphatic heterocycles. The van der Waals surface area contributed by atoms with Gasteiger partial charge >= 0.3 is 0 Å². The van der Waals surface area contributed by atoms with Crippen molar-refractivity contribution in [3.05, 3.63) is 154 Å². The lowest BCUT2D eigenvalue weighted by Gasteiger charge is -2.10. The molecule has 0 radical (unpaired) electrons. The lowest BCUT2D eigenvalue weighted by molar-refractivity contribution is 1.00. The highest BCUT2D eigenvalue weighted by atomic mass is 35.5. The number of thiophene rings is 2. The number of aryl methyl sites for hydroxylation is 2. The highest BCUT2D eigenvalue weighted by Crippen LogP contribution is 2.38. The van der Waals surface area contributed by atoms with Gasteiger partial charge in [-0.05, 0) is 95.4 Å². The Bertz CT molecular complexity index is 2940. The summed E-state index contributed by atoms with van der Waals surface area (Å²) in [5, 5.41) is 25.1. The molecule has 8 nitrogen and oxygen atoms in total. The van der Waals surface area contributed by atoms with E-state index in [0.29, 0.717) is 22.9 Å². The standard InChI is InChI=1S/2C23H15ClN4S/c2*24-19-12-20-18(11-17(19)22-4-2-10-29-22)23-21(13-26-20)27-14-28(23)16-7-5-15(6-8-16)3-1-9-25/h2*2,4-8,10-14H,1,3H2. The summed E-state index contributed by atoms with van der Waals surface area (Å²) in [6.07, 6.45) is 9.80. The molecule has 12 heteroatoms. The van der Waals surface area contributed by atoms with Crippen molar-refractivity contribution in [2.75, 3.05) is 0 Å². The average Bonchev–Trinajstić information content (AvgIpc) is 4.10. The number of benzene rings is 4. The summed E-state index contributed by atoms with van der Waals surface area (Å²) in [6.45, 7) is 0. The van der Waals surface area contributed by atoms with Gasteiger partial charge in [0, 0.05) is 55.9 Å². The zero-order valence-electron chi connectivity index (χ0n) is 30.7. The number of nitriles is 2. The van der Waals surface area contributed by atoms with Gasteiger partial charge in [0.15, 0.2) is 0 Å². The third-order valence-corrected chi connectivity index (χ3v) is 12.4. The number of hydrogen-bond acceptors (Lipinski definition) is 8. The molecule has 10 aromatic rings. The van der Waals surface area contributed by atoms with Crippen LogP contribution in [0.3, 0.4) is 0 Å². The highest BCUT2D eigenvalue weighted by Gasteiger charge is 2.16. The first-order valence-electron chi connectivity index (χ1n) is 18.4. The molecule has 0 N–H and O–H groups in total. The van der Waals surface area contributed by atoms with E-state index >= 15 is 0 Å². The Morgan fingerprint density at radius 2 is 0.966 bits per heavy atom. The van der Waals surface area contributed by atoms with E-state index in [-0.39, 0.29) is 0 Å². The van der Waals surface area contributed by atoms with Gasteiger partial charge in [-0.1, -0.05) is 59.6 Å². The predicted molar refractivity (Wildman–Crippen MR) is 237 cm³/mol. The first-order valence-corrected chi connectivity index (χ1v) is 20.9. The Balaban J connectivity index is 0.000000150. The van der Waals surface area contributed by atoms with E-state index in [9.17, 15) is 0 Å². The van der Waals surface area contributed by atoms with Crippen LogP contribution in [0.1, 0.15) is 24.0 Å². The van der Waals surface area contributed by atoms with Crippen LogP contribution in [0.4, 0.5) is 0 Å². The fourth-order valence-electron chi connectivity index (χ4n) is 7.11. The van der Waals surface area contributed by atoms with Crippen LogP contribution in [0.15, 0.2) is 133 Å². The van der Waals surface area contributed by atoms with Crippen molar-refractivity contribution in [3.8, 4) is 44.4 Å². The van der Waals surface area contributed by atoms with E-state index in [1.54, 1.807) is 35.1 Å². The monoisotopic (exact) mass is 828 g/mol. The molecule has 0 spiro atoms. The summed E-state index contributed by atoms with van der Waals surface area (Å²) in [5.41, 5.74) is 11.7. The Morgan fingerprint density at radius 3 is 1.34 bits per heavy atom. The number of hydrogen-bond donors (Lipinski definition) is 0. The van der Waals surface area contributed by atoms with Crippen LogP contribution in [0.2, 0.25) is 10.0 Å². The van der Waals surface area contributed by atoms with Gasteiger partial charge < -0.3 is 0 Å². The normalized spacial score (nSPS) is 11.2. The second kappa shape index (κ2) is 16.2. The molecule has 10 rings (SSSR count). The van der Waals surface area contributed by atoms with Crippen molar-refractivity contribution in [1.29, 1.82) is 10.5 Å². The summed E-state index contributed by atoms with van der Waals surface area (Å²) in [5.74, 6) is 0. The van der Waals surface area contributed by atoms with E-state index in [0.717, 1.165) is 100 Å². The predicted octanol–water partition coefficient (Wildman–Crippen LogP) is 12.8. The zero-order chi connectivity index (χ0) is 39.6. The first kappa shape index (κ1) is 37.2. The zero-order valence-corrected chi connectivity index (χ0v) is 33.8. The van der Waals surface area contributed by atoms with Gasteiger partial charge in [-0.3, -0.25) is 19.1 Å². The maximum Gasteiger partial charge on any atom is 0.108 e. The Hall–Kier alpha value is -6.40. The van der Waals surface area contributed by atoms with Crippen LogP contribution < -0.4 is 0 Å². The Labute approximate surface area is 351 Å². The van der Waals surface area contributed by atoms with E-state index in [4.69, 9.17) is 33.7 Å². The molecule has 0 saturated heterocycles. The third-order valence-electron chi connectivity index (χ3n) is 9.98. The molecule has 0 bridgehead atoms. The summed E-state index contributed by atoms with van der Waals surface area (Å²) >= 11 is 16.4. The second-order valence-electron chi connectivity index (χ2n) is 13.5. The average molecular weight is 830 g/mol. The topological polar surface area (TPSA) is 109 Å². The molecular weight excluding hydrogens is 800 g/mol. The van der Waals surface area contributed by atoms with Gasteiger partial charge in [0.2, 0.25) is 0 Å². The van der Waals surface area contributed by atoms with Crippen molar-refractivity contribution in [2.24, 2.45) is 0 Å². The van der Waals surface area contributed by atoms with E-state index in [2.05, 4.69) is 114 Å². The number of nitrogens with zero attached hydrogens (tertiary/aromatic N) is 8. The Morgan fingerprint density at radius 1 is 0.534 bits per heavy atom. The second-order valence-corrected chi connectivity index (χ2v) is 16.2. The minimum atomic E-state index is 0.524. The SMILES string of the molecule is N#CCCc1ccc(-n2cnc3cnc4cc(Cl)c(-c5cccs5)cc4c32)cc1.N#CCCc1ccc(-n2cnc3cnc4cc(Cl)c(-c5cccs5)cc4c32)cc1. The van der Waals surface area contributed by atoms with Crippen molar-refractivity contribution in [1.82, 2.24) is 29.1 Å². The third kappa shape index (κ3) is 7.20. The van der Waals surface area contributed by atoms with Crippen molar-refractivity contribution in [2.45, 2.75) is 25.7 Å². The van der Waals surface area contributed by atoms with Gasteiger partial charge in [0.25, 0.3) is 0 Å². The first-order chi connectivity index (χ1) is 28.5. The summed E-state index contributed by atoms with van der Waals surface area (Å²) in [6, 6.07) is 37.2. The maximum atomic E-state index is 8.78. The number of fused-ring (bicyclic) bond motifs is 6. The van der Waals surface area contributed by atoms with Crippen molar-refractivity contribution in [3.63, 3.8) is 0 Å². The molecule has 0 aliphatic carbocycles. The quantitative estimate of drug-likeness (QED) is 0.151. The summed E-state index contributed by atoms with van der Waals surface area (Å²) in [4.78, 5) is 20.5. The summed E-state index contributed by atoms with van der Waals surface area (Å²) < 4.78 is 4.17. The number of pyridine rings is 2. The molecule has 4 aromatic carbocycles. The molecular formula is C46H30Cl2N8S2. The largest absolute Gasteiger partial charge is 0.298 e. The molecule has 0 amide bonds. The number of aromatic nitrogens is 6. The van der Waals surface area contributed by atoms with Gasteiger partial charge in [0.05, 0.1) is 56.6 Å². The lowest BCUT2D eigenvalue weighted by Crippen LogP contribution is -1.94. The van der Waals surface area contributed by atoms with Crippen LogP contribution in [0, 0.1) is 22.7 Å². The van der Waals surface area contributed by atoms with Crippen LogP contribution in [-0.4, -0.2) is 29.1 Å². The lowest BCUT2D eigenvalue weighted by atomic mass is 10.1. The minimum Gasteiger partial charge on any atom is -0.298 e. The van der Waals surface area contributed by atoms with Crippen molar-refractivity contribution < 1.29 is 0 Å². The smallest absolute Gasteiger partial charge is 0.108 e.